The molecule has 2 N–H and O–H groups in total. The van der Waals surface area contributed by atoms with Crippen molar-refractivity contribution >= 4 is 9.84 Å². The summed E-state index contributed by atoms with van der Waals surface area (Å²) in [5.41, 5.74) is 7.61. The monoisotopic (exact) mass is 265 g/mol. The summed E-state index contributed by atoms with van der Waals surface area (Å²) in [6.07, 6.45) is 1.86. The van der Waals surface area contributed by atoms with Crippen molar-refractivity contribution in [2.45, 2.75) is 24.8 Å². The zero-order valence-corrected chi connectivity index (χ0v) is 11.1. The number of rotatable bonds is 3. The molecule has 1 aromatic carbocycles. The van der Waals surface area contributed by atoms with Crippen LogP contribution in [0.4, 0.5) is 0 Å². The van der Waals surface area contributed by atoms with Crippen LogP contribution in [0.1, 0.15) is 24.3 Å². The summed E-state index contributed by atoms with van der Waals surface area (Å²) in [5.74, 6) is 1.82. The molecule has 0 aromatic heterocycles. The Morgan fingerprint density at radius 3 is 2.56 bits per heavy atom. The van der Waals surface area contributed by atoms with E-state index >= 15 is 0 Å². The second-order valence-electron chi connectivity index (χ2n) is 5.66. The summed E-state index contributed by atoms with van der Waals surface area (Å²) in [7, 11) is -2.81. The van der Waals surface area contributed by atoms with E-state index in [1.54, 1.807) is 0 Å². The van der Waals surface area contributed by atoms with E-state index < -0.39 is 9.84 Å². The van der Waals surface area contributed by atoms with Crippen molar-refractivity contribution in [2.24, 2.45) is 17.6 Å². The van der Waals surface area contributed by atoms with E-state index in [0.29, 0.717) is 23.3 Å². The summed E-state index contributed by atoms with van der Waals surface area (Å²) in [5, 5.41) is 0. The standard InChI is InChI=1S/C14H19NO2S/c15-14(11-6-7-18(16,17)9-11)13-8-12(13)10-4-2-1-3-5-10/h1-5,11-14H,6-9,15H2. The zero-order chi connectivity index (χ0) is 12.8. The molecule has 0 radical (unpaired) electrons. The maximum Gasteiger partial charge on any atom is 0.150 e. The van der Waals surface area contributed by atoms with Crippen molar-refractivity contribution in [1.29, 1.82) is 0 Å². The van der Waals surface area contributed by atoms with Crippen molar-refractivity contribution in [3.8, 4) is 0 Å². The number of hydrogen-bond donors (Lipinski definition) is 1. The van der Waals surface area contributed by atoms with Crippen molar-refractivity contribution in [3.05, 3.63) is 35.9 Å². The SMILES string of the molecule is NC(C1CCS(=O)(=O)C1)C1CC1c1ccccc1. The number of benzene rings is 1. The molecule has 0 amide bonds. The Kier molecular flexibility index (Phi) is 2.94. The van der Waals surface area contributed by atoms with Gasteiger partial charge >= 0.3 is 0 Å². The van der Waals surface area contributed by atoms with E-state index in [2.05, 4.69) is 24.3 Å². The fourth-order valence-electron chi connectivity index (χ4n) is 3.20. The molecule has 4 atom stereocenters. The van der Waals surface area contributed by atoms with Crippen molar-refractivity contribution in [3.63, 3.8) is 0 Å². The summed E-state index contributed by atoms with van der Waals surface area (Å²) in [6.45, 7) is 0. The van der Waals surface area contributed by atoms with Crippen LogP contribution in [0.25, 0.3) is 0 Å². The van der Waals surface area contributed by atoms with Crippen LogP contribution in [0.15, 0.2) is 30.3 Å². The van der Waals surface area contributed by atoms with E-state index in [-0.39, 0.29) is 12.0 Å². The van der Waals surface area contributed by atoms with Gasteiger partial charge in [-0.2, -0.15) is 0 Å². The second kappa shape index (κ2) is 4.35. The second-order valence-corrected chi connectivity index (χ2v) is 7.89. The van der Waals surface area contributed by atoms with Gasteiger partial charge in [0.05, 0.1) is 11.5 Å². The lowest BCUT2D eigenvalue weighted by molar-refractivity contribution is 0.417. The highest BCUT2D eigenvalue weighted by molar-refractivity contribution is 7.91. The molecule has 0 bridgehead atoms. The van der Waals surface area contributed by atoms with Crippen LogP contribution in [0.3, 0.4) is 0 Å². The third kappa shape index (κ3) is 2.31. The minimum absolute atomic E-state index is 0.0486. The van der Waals surface area contributed by atoms with E-state index in [0.717, 1.165) is 12.8 Å². The lowest BCUT2D eigenvalue weighted by Crippen LogP contribution is -2.33. The first-order chi connectivity index (χ1) is 8.57. The van der Waals surface area contributed by atoms with Crippen LogP contribution in [0.5, 0.6) is 0 Å². The van der Waals surface area contributed by atoms with Crippen molar-refractivity contribution < 1.29 is 8.42 Å². The molecular weight excluding hydrogens is 246 g/mol. The van der Waals surface area contributed by atoms with Gasteiger partial charge in [0.2, 0.25) is 0 Å². The first kappa shape index (κ1) is 12.2. The topological polar surface area (TPSA) is 60.2 Å². The molecule has 2 aliphatic rings. The minimum atomic E-state index is -2.81. The van der Waals surface area contributed by atoms with Gasteiger partial charge in [-0.15, -0.1) is 0 Å². The summed E-state index contributed by atoms with van der Waals surface area (Å²) >= 11 is 0. The molecule has 1 aliphatic heterocycles. The van der Waals surface area contributed by atoms with Crippen LogP contribution in [-0.4, -0.2) is 26.0 Å². The first-order valence-corrected chi connectivity index (χ1v) is 8.40. The molecule has 2 fully saturated rings. The molecule has 1 aliphatic carbocycles. The van der Waals surface area contributed by atoms with Gasteiger partial charge in [-0.25, -0.2) is 8.42 Å². The summed E-state index contributed by atoms with van der Waals surface area (Å²) in [6, 6.07) is 10.5. The first-order valence-electron chi connectivity index (χ1n) is 6.58. The van der Waals surface area contributed by atoms with Crippen molar-refractivity contribution in [1.82, 2.24) is 0 Å². The molecule has 0 spiro atoms. The molecule has 4 heteroatoms. The quantitative estimate of drug-likeness (QED) is 0.902. The van der Waals surface area contributed by atoms with Crippen LogP contribution >= 0.6 is 0 Å². The van der Waals surface area contributed by atoms with Gasteiger partial charge in [-0.3, -0.25) is 0 Å². The van der Waals surface area contributed by atoms with Crippen LogP contribution in [0, 0.1) is 11.8 Å². The molecule has 18 heavy (non-hydrogen) atoms. The Hall–Kier alpha value is -0.870. The third-order valence-corrected chi connectivity index (χ3v) is 6.17. The fraction of sp³-hybridized carbons (Fsp3) is 0.571. The summed E-state index contributed by atoms with van der Waals surface area (Å²) in [4.78, 5) is 0. The largest absolute Gasteiger partial charge is 0.327 e. The van der Waals surface area contributed by atoms with Gasteiger partial charge in [-0.05, 0) is 36.2 Å². The van der Waals surface area contributed by atoms with E-state index in [1.165, 1.54) is 5.56 Å². The lowest BCUT2D eigenvalue weighted by Gasteiger charge is -2.17. The van der Waals surface area contributed by atoms with Gasteiger partial charge in [0, 0.05) is 6.04 Å². The smallest absolute Gasteiger partial charge is 0.150 e. The van der Waals surface area contributed by atoms with Crippen LogP contribution in [0.2, 0.25) is 0 Å². The highest BCUT2D eigenvalue weighted by Gasteiger charge is 2.46. The van der Waals surface area contributed by atoms with Gasteiger partial charge in [0.25, 0.3) is 0 Å². The molecule has 4 unspecified atom stereocenters. The molecule has 3 rings (SSSR count). The van der Waals surface area contributed by atoms with Gasteiger partial charge in [0.1, 0.15) is 0 Å². The Morgan fingerprint density at radius 2 is 1.94 bits per heavy atom. The zero-order valence-electron chi connectivity index (χ0n) is 10.3. The molecule has 1 saturated carbocycles. The van der Waals surface area contributed by atoms with Gasteiger partial charge < -0.3 is 5.73 Å². The molecular formula is C14H19NO2S. The average Bonchev–Trinajstić information content (AvgIpc) is 3.08. The molecule has 3 nitrogen and oxygen atoms in total. The normalized spacial score (nSPS) is 35.3. The molecule has 1 heterocycles. The number of sulfone groups is 1. The van der Waals surface area contributed by atoms with Gasteiger partial charge in [0.15, 0.2) is 9.84 Å². The maximum atomic E-state index is 11.5. The minimum Gasteiger partial charge on any atom is -0.327 e. The fourth-order valence-corrected chi connectivity index (χ4v) is 5.07. The predicted octanol–water partition coefficient (Wildman–Crippen LogP) is 1.55. The molecule has 98 valence electrons. The summed E-state index contributed by atoms with van der Waals surface area (Å²) < 4.78 is 23.0. The Morgan fingerprint density at radius 1 is 1.22 bits per heavy atom. The van der Waals surface area contributed by atoms with Crippen LogP contribution in [-0.2, 0) is 9.84 Å². The van der Waals surface area contributed by atoms with E-state index in [4.69, 9.17) is 5.73 Å². The third-order valence-electron chi connectivity index (χ3n) is 4.37. The van der Waals surface area contributed by atoms with Crippen molar-refractivity contribution in [2.75, 3.05) is 11.5 Å². The number of hydrogen-bond acceptors (Lipinski definition) is 3. The lowest BCUT2D eigenvalue weighted by atomic mass is 9.94. The highest BCUT2D eigenvalue weighted by atomic mass is 32.2. The average molecular weight is 265 g/mol. The number of nitrogens with two attached hydrogens (primary N) is 1. The van der Waals surface area contributed by atoms with Crippen LogP contribution < -0.4 is 5.73 Å². The van der Waals surface area contributed by atoms with Gasteiger partial charge in [-0.1, -0.05) is 30.3 Å². The highest BCUT2D eigenvalue weighted by Crippen LogP contribution is 2.51. The molecule has 1 saturated heterocycles. The Labute approximate surface area is 108 Å². The maximum absolute atomic E-state index is 11.5. The van der Waals surface area contributed by atoms with E-state index in [1.807, 2.05) is 6.07 Å². The Bertz CT molecular complexity index is 526. The Balaban J connectivity index is 1.65. The predicted molar refractivity (Wildman–Crippen MR) is 72.0 cm³/mol. The van der Waals surface area contributed by atoms with E-state index in [9.17, 15) is 8.42 Å². The molecule has 1 aromatic rings.